The Labute approximate surface area is 211 Å². The van der Waals surface area contributed by atoms with Crippen LogP contribution in [0.1, 0.15) is 37.7 Å². The molecule has 3 aromatic rings. The molecule has 0 aromatic heterocycles. The Morgan fingerprint density at radius 3 is 1.94 bits per heavy atom. The molecule has 0 bridgehead atoms. The smallest absolute Gasteiger partial charge is 0.408 e. The van der Waals surface area contributed by atoms with E-state index in [1.807, 2.05) is 54.6 Å². The van der Waals surface area contributed by atoms with E-state index in [0.717, 1.165) is 16.7 Å². The third-order valence-electron chi connectivity index (χ3n) is 5.55. The van der Waals surface area contributed by atoms with Gasteiger partial charge in [0.05, 0.1) is 5.92 Å². The van der Waals surface area contributed by atoms with E-state index in [2.05, 4.69) is 5.32 Å². The molecule has 1 amide bonds. The monoisotopic (exact) mass is 509 g/mol. The number of ether oxygens (including phenoxy) is 1. The number of benzene rings is 3. The van der Waals surface area contributed by atoms with Gasteiger partial charge in [0.2, 0.25) is 7.37 Å². The summed E-state index contributed by atoms with van der Waals surface area (Å²) in [5.74, 6) is -3.62. The van der Waals surface area contributed by atoms with E-state index >= 15 is 0 Å². The maximum Gasteiger partial charge on any atom is 0.408 e. The normalized spacial score (nSPS) is 14.8. The molecule has 3 N–H and O–H groups in total. The Bertz CT molecular complexity index is 1210. The lowest BCUT2D eigenvalue weighted by Gasteiger charge is -2.28. The lowest BCUT2D eigenvalue weighted by Crippen LogP contribution is -2.36. The van der Waals surface area contributed by atoms with Gasteiger partial charge in [0.25, 0.3) is 0 Å². The summed E-state index contributed by atoms with van der Waals surface area (Å²) in [7, 11) is -4.24. The first kappa shape index (κ1) is 27.2. The largest absolute Gasteiger partial charge is 0.481 e. The lowest BCUT2D eigenvalue weighted by molar-refractivity contribution is -0.141. The van der Waals surface area contributed by atoms with Crippen molar-refractivity contribution in [3.8, 4) is 11.1 Å². The van der Waals surface area contributed by atoms with Crippen LogP contribution in [0.25, 0.3) is 11.1 Å². The van der Waals surface area contributed by atoms with Crippen LogP contribution in [0, 0.1) is 5.92 Å². The van der Waals surface area contributed by atoms with Gasteiger partial charge in [0.1, 0.15) is 11.4 Å². The van der Waals surface area contributed by atoms with Crippen molar-refractivity contribution in [1.29, 1.82) is 0 Å². The van der Waals surface area contributed by atoms with Crippen LogP contribution in [0.2, 0.25) is 0 Å². The third kappa shape index (κ3) is 7.80. The summed E-state index contributed by atoms with van der Waals surface area (Å²) in [5.41, 5.74) is 2.35. The molecule has 0 saturated heterocycles. The van der Waals surface area contributed by atoms with Gasteiger partial charge in [-0.25, -0.2) is 4.79 Å². The summed E-state index contributed by atoms with van der Waals surface area (Å²) in [6, 6.07) is 25.6. The number of aliphatic carboxylic acids is 1. The van der Waals surface area contributed by atoms with Crippen molar-refractivity contribution in [1.82, 2.24) is 5.32 Å². The van der Waals surface area contributed by atoms with Gasteiger partial charge in [0, 0.05) is 6.16 Å². The summed E-state index contributed by atoms with van der Waals surface area (Å²) in [6.45, 7) is 5.06. The van der Waals surface area contributed by atoms with E-state index in [9.17, 15) is 24.2 Å². The number of carboxylic acids is 1. The zero-order valence-corrected chi connectivity index (χ0v) is 21.5. The van der Waals surface area contributed by atoms with Gasteiger partial charge >= 0.3 is 12.1 Å². The van der Waals surface area contributed by atoms with E-state index in [1.165, 1.54) is 0 Å². The molecule has 36 heavy (non-hydrogen) atoms. The number of carbonyl (C=O) groups is 2. The minimum atomic E-state index is -4.24. The van der Waals surface area contributed by atoms with E-state index in [4.69, 9.17) is 4.74 Å². The zero-order chi connectivity index (χ0) is 26.3. The molecule has 190 valence electrons. The molecule has 0 aliphatic rings. The topological polar surface area (TPSA) is 113 Å². The molecular formula is C28H32NO6P. The number of rotatable bonds is 9. The number of nitrogens with one attached hydrogen (secondary N) is 1. The highest BCUT2D eigenvalue weighted by molar-refractivity contribution is 7.58. The first-order valence-electron chi connectivity index (χ1n) is 11.7. The van der Waals surface area contributed by atoms with Gasteiger partial charge in [-0.15, -0.1) is 0 Å². The van der Waals surface area contributed by atoms with Crippen molar-refractivity contribution in [3.63, 3.8) is 0 Å². The van der Waals surface area contributed by atoms with Crippen molar-refractivity contribution in [2.45, 2.75) is 38.6 Å². The zero-order valence-electron chi connectivity index (χ0n) is 20.6. The number of hydrogen-bond acceptors (Lipinski definition) is 4. The molecule has 3 atom stereocenters. The molecule has 0 heterocycles. The second-order valence-electron chi connectivity index (χ2n) is 9.70. The highest BCUT2D eigenvalue weighted by Gasteiger charge is 2.39. The fourth-order valence-corrected chi connectivity index (χ4v) is 5.94. The second-order valence-corrected chi connectivity index (χ2v) is 12.1. The van der Waals surface area contributed by atoms with Gasteiger partial charge in [-0.3, -0.25) is 9.36 Å². The molecule has 0 aliphatic carbocycles. The molecule has 0 saturated carbocycles. The maximum atomic E-state index is 13.6. The van der Waals surface area contributed by atoms with Crippen LogP contribution < -0.4 is 5.32 Å². The fourth-order valence-electron chi connectivity index (χ4n) is 3.87. The Kier molecular flexibility index (Phi) is 8.72. The van der Waals surface area contributed by atoms with E-state index in [1.54, 1.807) is 51.1 Å². The SMILES string of the molecule is CC(C)(C)OC(=O)N[C@@H](c1ccccc1)P(=O)(O)C[C@@H](Cc1ccc(-c2ccccc2)cc1)C(=O)O. The molecule has 3 rings (SSSR count). The maximum absolute atomic E-state index is 13.6. The quantitative estimate of drug-likeness (QED) is 0.301. The molecule has 1 unspecified atom stereocenters. The first-order valence-corrected chi connectivity index (χ1v) is 13.6. The average Bonchev–Trinajstić information content (AvgIpc) is 2.82. The van der Waals surface area contributed by atoms with Crippen molar-refractivity contribution >= 4 is 19.4 Å². The highest BCUT2D eigenvalue weighted by Crippen LogP contribution is 2.55. The molecule has 3 aromatic carbocycles. The van der Waals surface area contributed by atoms with E-state index in [-0.39, 0.29) is 6.42 Å². The number of alkyl carbamates (subject to hydrolysis) is 1. The van der Waals surface area contributed by atoms with E-state index in [0.29, 0.717) is 5.56 Å². The van der Waals surface area contributed by atoms with Crippen LogP contribution in [0.15, 0.2) is 84.9 Å². The molecule has 0 aliphatic heterocycles. The van der Waals surface area contributed by atoms with Crippen molar-refractivity contribution < 1.29 is 28.9 Å². The lowest BCUT2D eigenvalue weighted by atomic mass is 9.98. The average molecular weight is 510 g/mol. The summed E-state index contributed by atoms with van der Waals surface area (Å²) in [6.07, 6.45) is -1.30. The predicted molar refractivity (Wildman–Crippen MR) is 140 cm³/mol. The molecule has 0 fully saturated rings. The molecule has 0 spiro atoms. The summed E-state index contributed by atoms with van der Waals surface area (Å²) >= 11 is 0. The number of amides is 1. The van der Waals surface area contributed by atoms with Crippen LogP contribution in [0.5, 0.6) is 0 Å². The molecule has 7 nitrogen and oxygen atoms in total. The number of carbonyl (C=O) groups excluding carboxylic acids is 1. The van der Waals surface area contributed by atoms with Crippen LogP contribution in [-0.4, -0.2) is 33.8 Å². The van der Waals surface area contributed by atoms with Gasteiger partial charge in [-0.05, 0) is 49.4 Å². The van der Waals surface area contributed by atoms with Gasteiger partial charge < -0.3 is 20.1 Å². The third-order valence-corrected chi connectivity index (χ3v) is 7.74. The van der Waals surface area contributed by atoms with E-state index < -0.39 is 42.9 Å². The fraction of sp³-hybridized carbons (Fsp3) is 0.286. The standard InChI is InChI=1S/C28H32NO6P/c1-28(2,3)35-27(32)29-25(23-12-8-5-9-13-23)36(33,34)19-24(26(30)31)18-20-14-16-22(17-15-20)21-10-6-4-7-11-21/h4-17,24-25H,18-19H2,1-3H3,(H,29,32)(H,30,31)(H,33,34)/t24-,25-/m1/s1. The van der Waals surface area contributed by atoms with Crippen molar-refractivity contribution in [3.05, 3.63) is 96.1 Å². The minimum absolute atomic E-state index is 0.0723. The van der Waals surface area contributed by atoms with Crippen LogP contribution >= 0.6 is 7.37 Å². The summed E-state index contributed by atoms with van der Waals surface area (Å²) in [5, 5.41) is 12.4. The minimum Gasteiger partial charge on any atom is -0.481 e. The van der Waals surface area contributed by atoms with Crippen LogP contribution in [-0.2, 0) is 20.5 Å². The van der Waals surface area contributed by atoms with Gasteiger partial charge in [0.15, 0.2) is 0 Å². The van der Waals surface area contributed by atoms with Crippen molar-refractivity contribution in [2.24, 2.45) is 5.92 Å². The summed E-state index contributed by atoms with van der Waals surface area (Å²) < 4.78 is 18.9. The Hall–Kier alpha value is -3.41. The molecule has 8 heteroatoms. The Morgan fingerprint density at radius 2 is 1.42 bits per heavy atom. The first-order chi connectivity index (χ1) is 16.9. The highest BCUT2D eigenvalue weighted by atomic mass is 31.2. The summed E-state index contributed by atoms with van der Waals surface area (Å²) in [4.78, 5) is 35.6. The predicted octanol–water partition coefficient (Wildman–Crippen LogP) is 6.09. The van der Waals surface area contributed by atoms with Crippen LogP contribution in [0.4, 0.5) is 4.79 Å². The van der Waals surface area contributed by atoms with Crippen molar-refractivity contribution in [2.75, 3.05) is 6.16 Å². The van der Waals surface area contributed by atoms with Crippen LogP contribution in [0.3, 0.4) is 0 Å². The Morgan fingerprint density at radius 1 is 0.889 bits per heavy atom. The number of carboxylic acid groups (broad SMARTS) is 1. The second kappa shape index (κ2) is 11.5. The van der Waals surface area contributed by atoms with Gasteiger partial charge in [-0.1, -0.05) is 84.9 Å². The van der Waals surface area contributed by atoms with Gasteiger partial charge in [-0.2, -0.15) is 0 Å². The molecule has 0 radical (unpaired) electrons. The Balaban J connectivity index is 1.81. The number of hydrogen-bond donors (Lipinski definition) is 3. The molecular weight excluding hydrogens is 477 g/mol.